The van der Waals surface area contributed by atoms with Gasteiger partial charge >= 0.3 is 0 Å². The first-order valence-electron chi connectivity index (χ1n) is 4.14. The molecule has 11 heavy (non-hydrogen) atoms. The van der Waals surface area contributed by atoms with E-state index in [-0.39, 0.29) is 6.10 Å². The fourth-order valence-electron chi connectivity index (χ4n) is 1.21. The predicted octanol–water partition coefficient (Wildman–Crippen LogP) is 1.70. The van der Waals surface area contributed by atoms with Gasteiger partial charge in [0.1, 0.15) is 6.29 Å². The van der Waals surface area contributed by atoms with E-state index < -0.39 is 0 Å². The van der Waals surface area contributed by atoms with Gasteiger partial charge in [0.2, 0.25) is 0 Å². The van der Waals surface area contributed by atoms with Crippen molar-refractivity contribution in [2.75, 3.05) is 6.61 Å². The Balaban J connectivity index is 2.46. The first kappa shape index (κ1) is 8.47. The molecule has 1 saturated heterocycles. The molecule has 1 unspecified atom stereocenters. The van der Waals surface area contributed by atoms with Crippen molar-refractivity contribution in [1.82, 2.24) is 0 Å². The largest absolute Gasteiger partial charge is 0.374 e. The summed E-state index contributed by atoms with van der Waals surface area (Å²) in [5, 5.41) is 0. The molecule has 1 rings (SSSR count). The molecule has 1 fully saturated rings. The number of allylic oxidation sites excluding steroid dienone is 1. The molecular formula is C9H14O2. The second-order valence-electron chi connectivity index (χ2n) is 2.76. The molecule has 0 aromatic heterocycles. The van der Waals surface area contributed by atoms with Crippen LogP contribution < -0.4 is 0 Å². The Labute approximate surface area is 67.2 Å². The minimum atomic E-state index is 0.204. The zero-order chi connectivity index (χ0) is 8.10. The van der Waals surface area contributed by atoms with Crippen molar-refractivity contribution in [3.63, 3.8) is 0 Å². The number of hydrogen-bond acceptors (Lipinski definition) is 2. The predicted molar refractivity (Wildman–Crippen MR) is 43.4 cm³/mol. The molecule has 2 heteroatoms. The molecule has 1 aliphatic heterocycles. The number of rotatable bonds is 3. The third-order valence-corrected chi connectivity index (χ3v) is 1.92. The maximum Gasteiger partial charge on any atom is 0.145 e. The quantitative estimate of drug-likeness (QED) is 0.457. The monoisotopic (exact) mass is 154 g/mol. The average Bonchev–Trinajstić information content (AvgIpc) is 2.52. The number of hydrogen-bond donors (Lipinski definition) is 0. The third-order valence-electron chi connectivity index (χ3n) is 1.92. The molecule has 0 amide bonds. The van der Waals surface area contributed by atoms with Crippen LogP contribution in [0.15, 0.2) is 11.6 Å². The lowest BCUT2D eigenvalue weighted by molar-refractivity contribution is -0.105. The Hall–Kier alpha value is -0.630. The lowest BCUT2D eigenvalue weighted by atomic mass is 10.1. The SMILES string of the molecule is CCC(C=O)=CC1CCCO1. The summed E-state index contributed by atoms with van der Waals surface area (Å²) in [5.74, 6) is 0. The van der Waals surface area contributed by atoms with E-state index in [9.17, 15) is 4.79 Å². The van der Waals surface area contributed by atoms with E-state index in [1.54, 1.807) is 0 Å². The summed E-state index contributed by atoms with van der Waals surface area (Å²) in [6.45, 7) is 2.83. The summed E-state index contributed by atoms with van der Waals surface area (Å²) in [5.41, 5.74) is 0.858. The summed E-state index contributed by atoms with van der Waals surface area (Å²) in [6.07, 6.45) is 6.06. The molecular weight excluding hydrogens is 140 g/mol. The maximum absolute atomic E-state index is 10.4. The topological polar surface area (TPSA) is 26.3 Å². The van der Waals surface area contributed by atoms with Gasteiger partial charge in [-0.05, 0) is 30.9 Å². The van der Waals surface area contributed by atoms with Gasteiger partial charge in [0, 0.05) is 6.61 Å². The standard InChI is InChI=1S/C9H14O2/c1-2-8(7-10)6-9-4-3-5-11-9/h6-7,9H,2-5H2,1H3. The van der Waals surface area contributed by atoms with Gasteiger partial charge in [0.15, 0.2) is 0 Å². The van der Waals surface area contributed by atoms with E-state index in [0.29, 0.717) is 0 Å². The Morgan fingerprint density at radius 2 is 2.55 bits per heavy atom. The molecule has 2 nitrogen and oxygen atoms in total. The molecule has 0 aromatic carbocycles. The van der Waals surface area contributed by atoms with Crippen LogP contribution >= 0.6 is 0 Å². The molecule has 0 bridgehead atoms. The fourth-order valence-corrected chi connectivity index (χ4v) is 1.21. The van der Waals surface area contributed by atoms with Gasteiger partial charge in [-0.2, -0.15) is 0 Å². The van der Waals surface area contributed by atoms with Crippen LogP contribution in [-0.4, -0.2) is 19.0 Å². The lowest BCUT2D eigenvalue weighted by Gasteiger charge is -2.02. The fraction of sp³-hybridized carbons (Fsp3) is 0.667. The van der Waals surface area contributed by atoms with Crippen molar-refractivity contribution in [2.24, 2.45) is 0 Å². The summed E-state index contributed by atoms with van der Waals surface area (Å²) in [4.78, 5) is 10.4. The first-order valence-corrected chi connectivity index (χ1v) is 4.14. The van der Waals surface area contributed by atoms with Gasteiger partial charge in [0.05, 0.1) is 6.10 Å². The summed E-state index contributed by atoms with van der Waals surface area (Å²) >= 11 is 0. The maximum atomic E-state index is 10.4. The van der Waals surface area contributed by atoms with Crippen molar-refractivity contribution >= 4 is 6.29 Å². The van der Waals surface area contributed by atoms with Gasteiger partial charge in [-0.25, -0.2) is 0 Å². The normalized spacial score (nSPS) is 25.5. The highest BCUT2D eigenvalue weighted by Gasteiger charge is 2.12. The highest BCUT2D eigenvalue weighted by atomic mass is 16.5. The molecule has 0 spiro atoms. The minimum absolute atomic E-state index is 0.204. The van der Waals surface area contributed by atoms with E-state index in [2.05, 4.69) is 0 Å². The van der Waals surface area contributed by atoms with Crippen LogP contribution in [0.3, 0.4) is 0 Å². The van der Waals surface area contributed by atoms with Gasteiger partial charge < -0.3 is 4.74 Å². The van der Waals surface area contributed by atoms with Crippen LogP contribution in [0.5, 0.6) is 0 Å². The average molecular weight is 154 g/mol. The minimum Gasteiger partial charge on any atom is -0.374 e. The molecule has 0 radical (unpaired) electrons. The zero-order valence-corrected chi connectivity index (χ0v) is 6.88. The Bertz CT molecular complexity index is 155. The van der Waals surface area contributed by atoms with Gasteiger partial charge in [-0.3, -0.25) is 4.79 Å². The molecule has 0 saturated carbocycles. The van der Waals surface area contributed by atoms with E-state index >= 15 is 0 Å². The number of carbonyl (C=O) groups excluding carboxylic acids is 1. The van der Waals surface area contributed by atoms with Crippen LogP contribution in [-0.2, 0) is 9.53 Å². The van der Waals surface area contributed by atoms with Crippen LogP contribution in [0.4, 0.5) is 0 Å². The van der Waals surface area contributed by atoms with Gasteiger partial charge in [-0.1, -0.05) is 6.92 Å². The molecule has 0 aromatic rings. The molecule has 1 aliphatic rings. The number of ether oxygens (including phenoxy) is 1. The van der Waals surface area contributed by atoms with Crippen molar-refractivity contribution in [1.29, 1.82) is 0 Å². The molecule has 1 heterocycles. The smallest absolute Gasteiger partial charge is 0.145 e. The van der Waals surface area contributed by atoms with E-state index in [4.69, 9.17) is 4.74 Å². The number of aldehydes is 1. The second kappa shape index (κ2) is 4.29. The van der Waals surface area contributed by atoms with Crippen molar-refractivity contribution in [3.05, 3.63) is 11.6 Å². The number of carbonyl (C=O) groups is 1. The second-order valence-corrected chi connectivity index (χ2v) is 2.76. The van der Waals surface area contributed by atoms with E-state index in [1.165, 1.54) is 0 Å². The van der Waals surface area contributed by atoms with Gasteiger partial charge in [-0.15, -0.1) is 0 Å². The summed E-state index contributed by atoms with van der Waals surface area (Å²) in [6, 6.07) is 0. The third kappa shape index (κ3) is 2.46. The Morgan fingerprint density at radius 3 is 3.00 bits per heavy atom. The van der Waals surface area contributed by atoms with Crippen molar-refractivity contribution in [3.8, 4) is 0 Å². The Kier molecular flexibility index (Phi) is 3.30. The highest BCUT2D eigenvalue weighted by Crippen LogP contribution is 2.14. The van der Waals surface area contributed by atoms with E-state index in [0.717, 1.165) is 37.7 Å². The van der Waals surface area contributed by atoms with Crippen LogP contribution in [0.2, 0.25) is 0 Å². The summed E-state index contributed by atoms with van der Waals surface area (Å²) < 4.78 is 5.35. The Morgan fingerprint density at radius 1 is 1.73 bits per heavy atom. The van der Waals surface area contributed by atoms with Gasteiger partial charge in [0.25, 0.3) is 0 Å². The van der Waals surface area contributed by atoms with Crippen LogP contribution in [0.25, 0.3) is 0 Å². The van der Waals surface area contributed by atoms with Crippen LogP contribution in [0, 0.1) is 0 Å². The lowest BCUT2D eigenvalue weighted by Crippen LogP contribution is -2.01. The zero-order valence-electron chi connectivity index (χ0n) is 6.88. The van der Waals surface area contributed by atoms with Crippen LogP contribution in [0.1, 0.15) is 26.2 Å². The first-order chi connectivity index (χ1) is 5.36. The van der Waals surface area contributed by atoms with Crippen molar-refractivity contribution < 1.29 is 9.53 Å². The summed E-state index contributed by atoms with van der Waals surface area (Å²) in [7, 11) is 0. The molecule has 0 aliphatic carbocycles. The molecule has 0 N–H and O–H groups in total. The highest BCUT2D eigenvalue weighted by molar-refractivity contribution is 5.73. The van der Waals surface area contributed by atoms with Crippen molar-refractivity contribution in [2.45, 2.75) is 32.3 Å². The molecule has 62 valence electrons. The molecule has 1 atom stereocenters. The van der Waals surface area contributed by atoms with E-state index in [1.807, 2.05) is 13.0 Å².